The predicted octanol–water partition coefficient (Wildman–Crippen LogP) is 2.75. The van der Waals surface area contributed by atoms with Crippen LogP contribution in [0.3, 0.4) is 0 Å². The van der Waals surface area contributed by atoms with E-state index in [1.807, 2.05) is 0 Å². The standard InChI is InChI=1S/C18H32N2O/c1-13-11-20(12-14(2)21-13)17-5-7-19(8-6-17)18-10-15-3-4-16(18)9-15/h13-18H,3-12H2,1-2H3/t13-,14-,15+,16+,18+/m0/s1. The molecule has 2 heterocycles. The molecule has 2 saturated heterocycles. The summed E-state index contributed by atoms with van der Waals surface area (Å²) in [7, 11) is 0. The summed E-state index contributed by atoms with van der Waals surface area (Å²) >= 11 is 0. The van der Waals surface area contributed by atoms with Crippen molar-refractivity contribution in [3.8, 4) is 0 Å². The number of piperidine rings is 1. The Kier molecular flexibility index (Phi) is 4.01. The van der Waals surface area contributed by atoms with E-state index in [0.717, 1.165) is 37.0 Å². The van der Waals surface area contributed by atoms with Gasteiger partial charge in [-0.1, -0.05) is 6.42 Å². The lowest BCUT2D eigenvalue weighted by molar-refractivity contribution is -0.0879. The van der Waals surface area contributed by atoms with Crippen LogP contribution in [-0.2, 0) is 4.74 Å². The van der Waals surface area contributed by atoms with Crippen molar-refractivity contribution in [2.75, 3.05) is 26.2 Å². The summed E-state index contributed by atoms with van der Waals surface area (Å²) in [5, 5.41) is 0. The van der Waals surface area contributed by atoms with E-state index in [1.165, 1.54) is 45.2 Å². The summed E-state index contributed by atoms with van der Waals surface area (Å²) < 4.78 is 5.89. The molecule has 2 saturated carbocycles. The fourth-order valence-corrected chi connectivity index (χ4v) is 5.76. The number of ether oxygens (including phenoxy) is 1. The van der Waals surface area contributed by atoms with E-state index >= 15 is 0 Å². The molecule has 0 unspecified atom stereocenters. The molecule has 3 nitrogen and oxygen atoms in total. The maximum Gasteiger partial charge on any atom is 0.0678 e. The Bertz CT molecular complexity index is 356. The van der Waals surface area contributed by atoms with Crippen molar-refractivity contribution < 1.29 is 4.74 Å². The van der Waals surface area contributed by atoms with Gasteiger partial charge in [0.2, 0.25) is 0 Å². The highest BCUT2D eigenvalue weighted by Crippen LogP contribution is 2.47. The summed E-state index contributed by atoms with van der Waals surface area (Å²) in [4.78, 5) is 5.57. The fourth-order valence-electron chi connectivity index (χ4n) is 5.76. The van der Waals surface area contributed by atoms with Gasteiger partial charge in [-0.3, -0.25) is 9.80 Å². The molecule has 4 fully saturated rings. The second kappa shape index (κ2) is 5.82. The molecule has 5 atom stereocenters. The highest BCUT2D eigenvalue weighted by molar-refractivity contribution is 4.97. The van der Waals surface area contributed by atoms with Crippen molar-refractivity contribution in [3.05, 3.63) is 0 Å². The van der Waals surface area contributed by atoms with E-state index < -0.39 is 0 Å². The molecule has 4 rings (SSSR count). The van der Waals surface area contributed by atoms with Gasteiger partial charge in [0.25, 0.3) is 0 Å². The number of fused-ring (bicyclic) bond motifs is 2. The van der Waals surface area contributed by atoms with Gasteiger partial charge in [0.1, 0.15) is 0 Å². The monoisotopic (exact) mass is 292 g/mol. The maximum atomic E-state index is 5.89. The third kappa shape index (κ3) is 2.89. The van der Waals surface area contributed by atoms with E-state index in [9.17, 15) is 0 Å². The molecule has 0 aromatic carbocycles. The van der Waals surface area contributed by atoms with Crippen LogP contribution in [0.2, 0.25) is 0 Å². The molecular formula is C18H32N2O. The summed E-state index contributed by atoms with van der Waals surface area (Å²) in [6.45, 7) is 9.43. The normalized spacial score (nSPS) is 46.3. The van der Waals surface area contributed by atoms with E-state index in [4.69, 9.17) is 4.74 Å². The molecular weight excluding hydrogens is 260 g/mol. The molecule has 2 bridgehead atoms. The smallest absolute Gasteiger partial charge is 0.0678 e. The minimum absolute atomic E-state index is 0.414. The van der Waals surface area contributed by atoms with Gasteiger partial charge >= 0.3 is 0 Å². The zero-order valence-corrected chi connectivity index (χ0v) is 13.8. The molecule has 2 aliphatic heterocycles. The van der Waals surface area contributed by atoms with E-state index in [2.05, 4.69) is 23.6 Å². The van der Waals surface area contributed by atoms with Crippen LogP contribution in [0.1, 0.15) is 52.4 Å². The number of nitrogens with zero attached hydrogens (tertiary/aromatic N) is 2. The summed E-state index contributed by atoms with van der Waals surface area (Å²) in [6, 6.07) is 1.76. The SMILES string of the molecule is C[C@H]1CN(C2CCN([C@@H]3C[C@@H]4CC[C@@H]3C4)CC2)C[C@H](C)O1. The Morgan fingerprint density at radius 3 is 2.10 bits per heavy atom. The topological polar surface area (TPSA) is 15.7 Å². The minimum Gasteiger partial charge on any atom is -0.373 e. The predicted molar refractivity (Wildman–Crippen MR) is 85.4 cm³/mol. The second-order valence-electron chi connectivity index (χ2n) is 8.22. The van der Waals surface area contributed by atoms with Crippen molar-refractivity contribution in [2.45, 2.75) is 76.7 Å². The lowest BCUT2D eigenvalue weighted by atomic mass is 9.91. The number of morpholine rings is 1. The summed E-state index contributed by atoms with van der Waals surface area (Å²) in [6.07, 6.45) is 9.70. The van der Waals surface area contributed by atoms with Crippen LogP contribution in [0, 0.1) is 11.8 Å². The maximum absolute atomic E-state index is 5.89. The third-order valence-electron chi connectivity index (χ3n) is 6.63. The molecule has 21 heavy (non-hydrogen) atoms. The zero-order chi connectivity index (χ0) is 14.4. The van der Waals surface area contributed by atoms with Gasteiger partial charge in [-0.15, -0.1) is 0 Å². The van der Waals surface area contributed by atoms with Gasteiger partial charge in [0.05, 0.1) is 12.2 Å². The van der Waals surface area contributed by atoms with Crippen LogP contribution in [0.15, 0.2) is 0 Å². The van der Waals surface area contributed by atoms with Gasteiger partial charge in [-0.2, -0.15) is 0 Å². The van der Waals surface area contributed by atoms with Crippen LogP contribution in [0.5, 0.6) is 0 Å². The zero-order valence-electron chi connectivity index (χ0n) is 13.8. The third-order valence-corrected chi connectivity index (χ3v) is 6.63. The molecule has 120 valence electrons. The average molecular weight is 292 g/mol. The Morgan fingerprint density at radius 2 is 1.52 bits per heavy atom. The van der Waals surface area contributed by atoms with Crippen LogP contribution in [0.25, 0.3) is 0 Å². The van der Waals surface area contributed by atoms with Crippen molar-refractivity contribution in [3.63, 3.8) is 0 Å². The van der Waals surface area contributed by atoms with Gasteiger partial charge in [-0.05, 0) is 70.9 Å². The van der Waals surface area contributed by atoms with Crippen LogP contribution in [0.4, 0.5) is 0 Å². The molecule has 0 aromatic heterocycles. The van der Waals surface area contributed by atoms with Crippen LogP contribution >= 0.6 is 0 Å². The first-order valence-electron chi connectivity index (χ1n) is 9.32. The molecule has 2 aliphatic carbocycles. The van der Waals surface area contributed by atoms with Crippen LogP contribution in [-0.4, -0.2) is 60.3 Å². The average Bonchev–Trinajstić information content (AvgIpc) is 3.09. The number of likely N-dealkylation sites (tertiary alicyclic amines) is 1. The minimum atomic E-state index is 0.414. The molecule has 0 spiro atoms. The molecule has 0 radical (unpaired) electrons. The Hall–Kier alpha value is -0.120. The van der Waals surface area contributed by atoms with Gasteiger partial charge in [0.15, 0.2) is 0 Å². The van der Waals surface area contributed by atoms with Crippen molar-refractivity contribution in [2.24, 2.45) is 11.8 Å². The lowest BCUT2D eigenvalue weighted by Crippen LogP contribution is -2.54. The quantitative estimate of drug-likeness (QED) is 0.778. The van der Waals surface area contributed by atoms with Crippen LogP contribution < -0.4 is 0 Å². The second-order valence-corrected chi connectivity index (χ2v) is 8.22. The van der Waals surface area contributed by atoms with E-state index in [0.29, 0.717) is 12.2 Å². The largest absolute Gasteiger partial charge is 0.373 e. The molecule has 0 amide bonds. The molecule has 0 aromatic rings. The molecule has 4 aliphatic rings. The number of rotatable bonds is 2. The van der Waals surface area contributed by atoms with E-state index in [1.54, 1.807) is 6.42 Å². The molecule has 3 heteroatoms. The first-order valence-corrected chi connectivity index (χ1v) is 9.32. The highest BCUT2D eigenvalue weighted by atomic mass is 16.5. The highest BCUT2D eigenvalue weighted by Gasteiger charge is 2.43. The molecule has 0 N–H and O–H groups in total. The van der Waals surface area contributed by atoms with Gasteiger partial charge in [0, 0.05) is 25.2 Å². The Labute approximate surface area is 130 Å². The summed E-state index contributed by atoms with van der Waals surface area (Å²) in [5.41, 5.74) is 0. The first kappa shape index (κ1) is 14.5. The Morgan fingerprint density at radius 1 is 0.810 bits per heavy atom. The van der Waals surface area contributed by atoms with Gasteiger partial charge in [-0.25, -0.2) is 0 Å². The lowest BCUT2D eigenvalue weighted by Gasteiger charge is -2.45. The van der Waals surface area contributed by atoms with E-state index in [-0.39, 0.29) is 0 Å². The number of hydrogen-bond acceptors (Lipinski definition) is 3. The van der Waals surface area contributed by atoms with Crippen molar-refractivity contribution in [1.29, 1.82) is 0 Å². The fraction of sp³-hybridized carbons (Fsp3) is 1.00. The first-order chi connectivity index (χ1) is 10.2. The van der Waals surface area contributed by atoms with Gasteiger partial charge < -0.3 is 4.74 Å². The Balaban J connectivity index is 1.30. The van der Waals surface area contributed by atoms with Crippen molar-refractivity contribution >= 4 is 0 Å². The number of hydrogen-bond donors (Lipinski definition) is 0. The summed E-state index contributed by atoms with van der Waals surface area (Å²) in [5.74, 6) is 2.13. The van der Waals surface area contributed by atoms with Crippen molar-refractivity contribution in [1.82, 2.24) is 9.80 Å².